The molecule has 0 aromatic carbocycles. The molecule has 0 bridgehead atoms. The van der Waals surface area contributed by atoms with E-state index in [4.69, 9.17) is 14.2 Å². The van der Waals surface area contributed by atoms with Gasteiger partial charge in [-0.3, -0.25) is 14.4 Å². The minimum atomic E-state index is -0.823. The standard InChI is InChI=1S/C51H80O6/c1-4-7-10-13-16-19-22-24-25-27-29-32-35-38-41-44-50(53)56-47-48(46-55-49(52)43-40-37-34-31-28-21-18-15-12-9-6-3)57-51(54)45-42-39-36-33-30-26-23-20-17-14-11-8-5-2/h7,9-10,12-13,16,18-19,21-22,24-27,29-31,34,48H,4-6,8,11,14-15,17,20,23,28,32-33,35-47H2,1-3H3/b10-7-,12-9-,16-13-,21-18-,22-19-,25-24-,29-27-,30-26-,34-31-. The molecule has 0 spiro atoms. The summed E-state index contributed by atoms with van der Waals surface area (Å²) in [6, 6.07) is 0. The summed E-state index contributed by atoms with van der Waals surface area (Å²) in [4.78, 5) is 37.7. The molecule has 0 aromatic heterocycles. The van der Waals surface area contributed by atoms with Crippen molar-refractivity contribution in [2.45, 2.75) is 181 Å². The number of hydrogen-bond donors (Lipinski definition) is 0. The van der Waals surface area contributed by atoms with Crippen molar-refractivity contribution in [2.75, 3.05) is 13.2 Å². The second kappa shape index (κ2) is 44.8. The van der Waals surface area contributed by atoms with Crippen LogP contribution in [0.5, 0.6) is 0 Å². The maximum Gasteiger partial charge on any atom is 0.306 e. The largest absolute Gasteiger partial charge is 0.462 e. The number of esters is 3. The summed E-state index contributed by atoms with van der Waals surface area (Å²) >= 11 is 0. The van der Waals surface area contributed by atoms with E-state index in [2.05, 4.69) is 81.5 Å². The maximum atomic E-state index is 12.7. The Balaban J connectivity index is 4.57. The lowest BCUT2D eigenvalue weighted by Gasteiger charge is -2.18. The van der Waals surface area contributed by atoms with Crippen molar-refractivity contribution in [2.24, 2.45) is 0 Å². The van der Waals surface area contributed by atoms with Crippen molar-refractivity contribution in [1.29, 1.82) is 0 Å². The lowest BCUT2D eigenvalue weighted by molar-refractivity contribution is -0.167. The predicted octanol–water partition coefficient (Wildman–Crippen LogP) is 14.4. The molecule has 0 amide bonds. The molecule has 6 heteroatoms. The fourth-order valence-electron chi connectivity index (χ4n) is 5.54. The summed E-state index contributed by atoms with van der Waals surface area (Å²) in [6.45, 7) is 6.23. The summed E-state index contributed by atoms with van der Waals surface area (Å²) in [7, 11) is 0. The average molecular weight is 789 g/mol. The van der Waals surface area contributed by atoms with Crippen LogP contribution in [-0.2, 0) is 28.6 Å². The van der Waals surface area contributed by atoms with Gasteiger partial charge in [-0.15, -0.1) is 0 Å². The van der Waals surface area contributed by atoms with Crippen LogP contribution in [0.2, 0.25) is 0 Å². The van der Waals surface area contributed by atoms with Crippen LogP contribution in [0.3, 0.4) is 0 Å². The predicted molar refractivity (Wildman–Crippen MR) is 242 cm³/mol. The monoisotopic (exact) mass is 789 g/mol. The lowest BCUT2D eigenvalue weighted by Crippen LogP contribution is -2.30. The van der Waals surface area contributed by atoms with Crippen LogP contribution in [0, 0.1) is 0 Å². The minimum Gasteiger partial charge on any atom is -0.462 e. The van der Waals surface area contributed by atoms with E-state index < -0.39 is 6.10 Å². The Morgan fingerprint density at radius 1 is 0.386 bits per heavy atom. The second-order valence-corrected chi connectivity index (χ2v) is 14.3. The average Bonchev–Trinajstić information content (AvgIpc) is 3.21. The van der Waals surface area contributed by atoms with E-state index in [1.165, 1.54) is 38.5 Å². The Morgan fingerprint density at radius 3 is 1.37 bits per heavy atom. The van der Waals surface area contributed by atoms with Crippen molar-refractivity contribution in [3.8, 4) is 0 Å². The van der Waals surface area contributed by atoms with Crippen LogP contribution in [0.1, 0.15) is 175 Å². The molecule has 6 nitrogen and oxygen atoms in total. The van der Waals surface area contributed by atoms with Gasteiger partial charge in [0.2, 0.25) is 0 Å². The molecule has 0 N–H and O–H groups in total. The molecule has 0 saturated heterocycles. The first-order valence-corrected chi connectivity index (χ1v) is 22.5. The van der Waals surface area contributed by atoms with Crippen molar-refractivity contribution in [3.63, 3.8) is 0 Å². The van der Waals surface area contributed by atoms with Gasteiger partial charge in [-0.05, 0) is 89.9 Å². The van der Waals surface area contributed by atoms with Crippen molar-refractivity contribution >= 4 is 17.9 Å². The Morgan fingerprint density at radius 2 is 0.789 bits per heavy atom. The quantitative estimate of drug-likeness (QED) is 0.0204. The van der Waals surface area contributed by atoms with Crippen molar-refractivity contribution in [3.05, 3.63) is 109 Å². The number of ether oxygens (including phenoxy) is 3. The van der Waals surface area contributed by atoms with Gasteiger partial charge in [0.05, 0.1) is 0 Å². The van der Waals surface area contributed by atoms with Gasteiger partial charge in [0.1, 0.15) is 13.2 Å². The van der Waals surface area contributed by atoms with Gasteiger partial charge in [0.15, 0.2) is 6.10 Å². The van der Waals surface area contributed by atoms with E-state index in [1.807, 2.05) is 48.6 Å². The third-order valence-electron chi connectivity index (χ3n) is 8.87. The zero-order chi connectivity index (χ0) is 41.5. The Labute approximate surface area is 349 Å². The second-order valence-electron chi connectivity index (χ2n) is 14.3. The SMILES string of the molecule is CC\C=C/C=C\C=C/C=C\C=C/CCCCCC(=O)OCC(COC(=O)CCC/C=C\C/C=C\C/C=C\CC)OC(=O)CCCCC/C=C\CCCCCCCC. The lowest BCUT2D eigenvalue weighted by atomic mass is 10.1. The van der Waals surface area contributed by atoms with Crippen LogP contribution in [0.15, 0.2) is 109 Å². The van der Waals surface area contributed by atoms with Crippen LogP contribution in [0.4, 0.5) is 0 Å². The molecule has 320 valence electrons. The van der Waals surface area contributed by atoms with Crippen LogP contribution in [-0.4, -0.2) is 37.2 Å². The van der Waals surface area contributed by atoms with Gasteiger partial charge in [-0.2, -0.15) is 0 Å². The third-order valence-corrected chi connectivity index (χ3v) is 8.87. The Hall–Kier alpha value is -3.93. The van der Waals surface area contributed by atoms with Crippen molar-refractivity contribution < 1.29 is 28.6 Å². The molecule has 0 aliphatic rings. The van der Waals surface area contributed by atoms with Gasteiger partial charge < -0.3 is 14.2 Å². The smallest absolute Gasteiger partial charge is 0.306 e. The van der Waals surface area contributed by atoms with Crippen LogP contribution >= 0.6 is 0 Å². The minimum absolute atomic E-state index is 0.125. The van der Waals surface area contributed by atoms with Gasteiger partial charge in [-0.1, -0.05) is 175 Å². The topological polar surface area (TPSA) is 78.9 Å². The molecule has 0 aromatic rings. The van der Waals surface area contributed by atoms with Crippen molar-refractivity contribution in [1.82, 2.24) is 0 Å². The molecule has 0 saturated carbocycles. The molecule has 0 aliphatic heterocycles. The number of carbonyl (C=O) groups is 3. The molecule has 57 heavy (non-hydrogen) atoms. The van der Waals surface area contributed by atoms with Gasteiger partial charge >= 0.3 is 17.9 Å². The maximum absolute atomic E-state index is 12.7. The summed E-state index contributed by atoms with van der Waals surface area (Å²) in [6.07, 6.45) is 59.4. The van der Waals surface area contributed by atoms with Crippen LogP contribution < -0.4 is 0 Å². The highest BCUT2D eigenvalue weighted by molar-refractivity contribution is 5.71. The third kappa shape index (κ3) is 43.0. The summed E-state index contributed by atoms with van der Waals surface area (Å²) in [5, 5.41) is 0. The molecule has 0 radical (unpaired) electrons. The Bertz CT molecular complexity index is 1230. The van der Waals surface area contributed by atoms with Crippen LogP contribution in [0.25, 0.3) is 0 Å². The molecular weight excluding hydrogens is 709 g/mol. The highest BCUT2D eigenvalue weighted by Gasteiger charge is 2.19. The number of allylic oxidation sites excluding steroid dienone is 18. The first kappa shape index (κ1) is 53.1. The van der Waals surface area contributed by atoms with E-state index in [-0.39, 0.29) is 44.0 Å². The molecule has 0 heterocycles. The van der Waals surface area contributed by atoms with E-state index in [0.29, 0.717) is 12.8 Å². The summed E-state index contributed by atoms with van der Waals surface area (Å²) in [5.74, 6) is -1.05. The molecule has 0 aliphatic carbocycles. The summed E-state index contributed by atoms with van der Waals surface area (Å²) in [5.41, 5.74) is 0. The van der Waals surface area contributed by atoms with Gasteiger partial charge in [-0.25, -0.2) is 0 Å². The zero-order valence-electron chi connectivity index (χ0n) is 36.3. The fraction of sp³-hybridized carbons (Fsp3) is 0.588. The number of carbonyl (C=O) groups excluding carboxylic acids is 3. The highest BCUT2D eigenvalue weighted by atomic mass is 16.6. The highest BCUT2D eigenvalue weighted by Crippen LogP contribution is 2.11. The number of hydrogen-bond acceptors (Lipinski definition) is 6. The van der Waals surface area contributed by atoms with E-state index in [1.54, 1.807) is 0 Å². The first-order chi connectivity index (χ1) is 28.0. The molecule has 0 fully saturated rings. The zero-order valence-corrected chi connectivity index (χ0v) is 36.3. The van der Waals surface area contributed by atoms with E-state index >= 15 is 0 Å². The first-order valence-electron chi connectivity index (χ1n) is 22.5. The van der Waals surface area contributed by atoms with E-state index in [9.17, 15) is 14.4 Å². The molecule has 0 rings (SSSR count). The normalized spacial score (nSPS) is 13.1. The van der Waals surface area contributed by atoms with E-state index in [0.717, 1.165) is 89.9 Å². The number of rotatable bonds is 38. The number of unbranched alkanes of at least 4 members (excludes halogenated alkanes) is 13. The Kier molecular flexibility index (Phi) is 41.7. The molecule has 1 atom stereocenters. The summed E-state index contributed by atoms with van der Waals surface area (Å²) < 4.78 is 16.6. The van der Waals surface area contributed by atoms with Gasteiger partial charge in [0.25, 0.3) is 0 Å². The molecule has 1 unspecified atom stereocenters. The van der Waals surface area contributed by atoms with Gasteiger partial charge in [0, 0.05) is 19.3 Å². The molecular formula is C51H80O6. The fourth-order valence-corrected chi connectivity index (χ4v) is 5.54.